The maximum Gasteiger partial charge on any atom is 0.171 e. The normalized spacial score (nSPS) is 9.81. The van der Waals surface area contributed by atoms with Crippen LogP contribution in [0.25, 0.3) is 11.4 Å². The molecule has 0 aliphatic rings. The summed E-state index contributed by atoms with van der Waals surface area (Å²) in [5.41, 5.74) is 1.69. The van der Waals surface area contributed by atoms with E-state index in [1.807, 2.05) is 24.3 Å². The second kappa shape index (κ2) is 4.71. The Labute approximate surface area is 98.3 Å². The first-order valence-corrected chi connectivity index (χ1v) is 5.16. The van der Waals surface area contributed by atoms with Crippen molar-refractivity contribution in [3.05, 3.63) is 30.5 Å². The highest BCUT2D eigenvalue weighted by molar-refractivity contribution is 7.80. The van der Waals surface area contributed by atoms with Gasteiger partial charge in [0, 0.05) is 19.3 Å². The SMILES string of the molecule is CNC(=S)Nc1cc(-c2ccccn2)[nH]n1. The Balaban J connectivity index is 2.17. The molecular weight excluding hydrogens is 222 g/mol. The van der Waals surface area contributed by atoms with E-state index in [0.717, 1.165) is 11.4 Å². The lowest BCUT2D eigenvalue weighted by molar-refractivity contribution is 1.08. The molecule has 16 heavy (non-hydrogen) atoms. The molecule has 5 nitrogen and oxygen atoms in total. The number of aromatic nitrogens is 3. The van der Waals surface area contributed by atoms with E-state index in [4.69, 9.17) is 12.2 Å². The topological polar surface area (TPSA) is 65.6 Å². The second-order valence-electron chi connectivity index (χ2n) is 3.09. The molecule has 0 unspecified atom stereocenters. The van der Waals surface area contributed by atoms with Crippen molar-refractivity contribution in [1.29, 1.82) is 0 Å². The molecule has 0 aromatic carbocycles. The summed E-state index contributed by atoms with van der Waals surface area (Å²) in [5.74, 6) is 0.667. The highest BCUT2D eigenvalue weighted by atomic mass is 32.1. The second-order valence-corrected chi connectivity index (χ2v) is 3.49. The maximum atomic E-state index is 4.97. The van der Waals surface area contributed by atoms with Crippen LogP contribution in [0.1, 0.15) is 0 Å². The Bertz CT molecular complexity index is 479. The lowest BCUT2D eigenvalue weighted by atomic mass is 10.3. The maximum absolute atomic E-state index is 4.97. The Kier molecular flexibility index (Phi) is 3.11. The van der Waals surface area contributed by atoms with Crippen molar-refractivity contribution in [3.63, 3.8) is 0 Å². The van der Waals surface area contributed by atoms with Gasteiger partial charge in [0.2, 0.25) is 0 Å². The van der Waals surface area contributed by atoms with Gasteiger partial charge in [0.1, 0.15) is 0 Å². The van der Waals surface area contributed by atoms with Gasteiger partial charge in [-0.15, -0.1) is 0 Å². The van der Waals surface area contributed by atoms with Gasteiger partial charge in [0.15, 0.2) is 10.9 Å². The van der Waals surface area contributed by atoms with Gasteiger partial charge in [-0.2, -0.15) is 5.10 Å². The molecule has 0 bridgehead atoms. The first kappa shape index (κ1) is 10.6. The molecular formula is C10H11N5S. The summed E-state index contributed by atoms with van der Waals surface area (Å²) in [4.78, 5) is 4.21. The van der Waals surface area contributed by atoms with Crippen LogP contribution in [-0.2, 0) is 0 Å². The van der Waals surface area contributed by atoms with E-state index >= 15 is 0 Å². The number of aromatic amines is 1. The number of rotatable bonds is 2. The molecule has 0 fully saturated rings. The Morgan fingerprint density at radius 2 is 2.31 bits per heavy atom. The van der Waals surface area contributed by atoms with Crippen molar-refractivity contribution in [2.75, 3.05) is 12.4 Å². The van der Waals surface area contributed by atoms with Gasteiger partial charge in [-0.1, -0.05) is 6.07 Å². The summed E-state index contributed by atoms with van der Waals surface area (Å²) in [6.45, 7) is 0. The van der Waals surface area contributed by atoms with E-state index in [1.165, 1.54) is 0 Å². The first-order chi connectivity index (χ1) is 7.79. The Morgan fingerprint density at radius 1 is 1.44 bits per heavy atom. The van der Waals surface area contributed by atoms with Gasteiger partial charge in [-0.3, -0.25) is 10.1 Å². The monoisotopic (exact) mass is 233 g/mol. The van der Waals surface area contributed by atoms with Crippen LogP contribution >= 0.6 is 12.2 Å². The summed E-state index contributed by atoms with van der Waals surface area (Å²) in [6, 6.07) is 7.56. The Morgan fingerprint density at radius 3 is 3.00 bits per heavy atom. The summed E-state index contributed by atoms with van der Waals surface area (Å²) in [5, 5.41) is 13.2. The molecule has 0 aliphatic heterocycles. The molecule has 2 heterocycles. The number of nitrogens with one attached hydrogen (secondary N) is 3. The molecule has 0 saturated heterocycles. The number of H-pyrrole nitrogens is 1. The van der Waals surface area contributed by atoms with E-state index in [9.17, 15) is 0 Å². The van der Waals surface area contributed by atoms with Gasteiger partial charge < -0.3 is 10.6 Å². The average Bonchev–Trinajstić information content (AvgIpc) is 2.78. The fourth-order valence-electron chi connectivity index (χ4n) is 1.22. The molecule has 6 heteroatoms. The van der Waals surface area contributed by atoms with E-state index in [0.29, 0.717) is 10.9 Å². The lowest BCUT2D eigenvalue weighted by Gasteiger charge is -2.01. The lowest BCUT2D eigenvalue weighted by Crippen LogP contribution is -2.24. The Hall–Kier alpha value is -1.95. The number of hydrogen-bond donors (Lipinski definition) is 3. The van der Waals surface area contributed by atoms with E-state index in [1.54, 1.807) is 13.2 Å². The predicted octanol–water partition coefficient (Wildman–Crippen LogP) is 1.39. The fraction of sp³-hybridized carbons (Fsp3) is 0.100. The number of anilines is 1. The zero-order valence-corrected chi connectivity index (χ0v) is 9.51. The summed E-state index contributed by atoms with van der Waals surface area (Å²) in [6.07, 6.45) is 1.74. The molecule has 0 amide bonds. The minimum Gasteiger partial charge on any atom is -0.365 e. The molecule has 0 aliphatic carbocycles. The van der Waals surface area contributed by atoms with Crippen molar-refractivity contribution in [3.8, 4) is 11.4 Å². The van der Waals surface area contributed by atoms with E-state index in [2.05, 4.69) is 25.8 Å². The summed E-state index contributed by atoms with van der Waals surface area (Å²) >= 11 is 4.97. The minimum atomic E-state index is 0.527. The molecule has 0 spiro atoms. The smallest absolute Gasteiger partial charge is 0.171 e. The van der Waals surface area contributed by atoms with E-state index in [-0.39, 0.29) is 0 Å². The predicted molar refractivity (Wildman–Crippen MR) is 67.1 cm³/mol. The van der Waals surface area contributed by atoms with Crippen LogP contribution in [0, 0.1) is 0 Å². The third-order valence-electron chi connectivity index (χ3n) is 1.99. The van der Waals surface area contributed by atoms with Crippen LogP contribution in [0.3, 0.4) is 0 Å². The van der Waals surface area contributed by atoms with Crippen molar-refractivity contribution >= 4 is 23.1 Å². The molecule has 2 rings (SSSR count). The number of thiocarbonyl (C=S) groups is 1. The molecule has 2 aromatic rings. The summed E-state index contributed by atoms with van der Waals surface area (Å²) < 4.78 is 0. The zero-order chi connectivity index (χ0) is 11.4. The highest BCUT2D eigenvalue weighted by Gasteiger charge is 2.04. The van der Waals surface area contributed by atoms with Gasteiger partial charge >= 0.3 is 0 Å². The quantitative estimate of drug-likeness (QED) is 0.684. The van der Waals surface area contributed by atoms with Crippen LogP contribution in [-0.4, -0.2) is 27.3 Å². The van der Waals surface area contributed by atoms with Crippen molar-refractivity contribution in [1.82, 2.24) is 20.5 Å². The number of pyridine rings is 1. The fourth-order valence-corrected chi connectivity index (χ4v) is 1.32. The van der Waals surface area contributed by atoms with Crippen LogP contribution < -0.4 is 10.6 Å². The van der Waals surface area contributed by atoms with E-state index < -0.39 is 0 Å². The standard InChI is InChI=1S/C10H11N5S/c1-11-10(16)13-9-6-8(14-15-9)7-4-2-3-5-12-7/h2-6H,1H3,(H3,11,13,14,15,16). The van der Waals surface area contributed by atoms with Crippen molar-refractivity contribution in [2.24, 2.45) is 0 Å². The van der Waals surface area contributed by atoms with Crippen LogP contribution in [0.5, 0.6) is 0 Å². The number of hydrogen-bond acceptors (Lipinski definition) is 3. The highest BCUT2D eigenvalue weighted by Crippen LogP contribution is 2.16. The minimum absolute atomic E-state index is 0.527. The van der Waals surface area contributed by atoms with Gasteiger partial charge in [0.25, 0.3) is 0 Å². The number of nitrogens with zero attached hydrogens (tertiary/aromatic N) is 2. The summed E-state index contributed by atoms with van der Waals surface area (Å²) in [7, 11) is 1.75. The molecule has 2 aromatic heterocycles. The van der Waals surface area contributed by atoms with Gasteiger partial charge in [0.05, 0.1) is 11.4 Å². The molecule has 82 valence electrons. The van der Waals surface area contributed by atoms with Crippen LogP contribution in [0.2, 0.25) is 0 Å². The van der Waals surface area contributed by atoms with Crippen LogP contribution in [0.4, 0.5) is 5.82 Å². The van der Waals surface area contributed by atoms with Gasteiger partial charge in [-0.25, -0.2) is 0 Å². The first-order valence-electron chi connectivity index (χ1n) is 4.75. The molecule has 0 atom stereocenters. The molecule has 0 saturated carbocycles. The van der Waals surface area contributed by atoms with Crippen molar-refractivity contribution in [2.45, 2.75) is 0 Å². The zero-order valence-electron chi connectivity index (χ0n) is 8.69. The third kappa shape index (κ3) is 2.34. The van der Waals surface area contributed by atoms with Crippen molar-refractivity contribution < 1.29 is 0 Å². The van der Waals surface area contributed by atoms with Gasteiger partial charge in [-0.05, 0) is 24.4 Å². The largest absolute Gasteiger partial charge is 0.365 e. The third-order valence-corrected chi connectivity index (χ3v) is 2.29. The molecule has 3 N–H and O–H groups in total. The van der Waals surface area contributed by atoms with Crippen LogP contribution in [0.15, 0.2) is 30.5 Å². The average molecular weight is 233 g/mol. The molecule has 0 radical (unpaired) electrons.